The van der Waals surface area contributed by atoms with Gasteiger partial charge in [-0.1, -0.05) is 23.7 Å². The summed E-state index contributed by atoms with van der Waals surface area (Å²) in [6.45, 7) is 3.26. The fourth-order valence-corrected chi connectivity index (χ4v) is 3.91. The second-order valence-electron chi connectivity index (χ2n) is 6.72. The molecule has 0 saturated heterocycles. The third-order valence-electron chi connectivity index (χ3n) is 4.92. The first-order valence-corrected chi connectivity index (χ1v) is 9.35. The molecule has 0 bridgehead atoms. The van der Waals surface area contributed by atoms with Crippen molar-refractivity contribution in [3.63, 3.8) is 0 Å². The second-order valence-corrected chi connectivity index (χ2v) is 7.13. The molecule has 7 nitrogen and oxygen atoms in total. The quantitative estimate of drug-likeness (QED) is 0.500. The number of rotatable bonds is 3. The lowest BCUT2D eigenvalue weighted by Gasteiger charge is -2.26. The summed E-state index contributed by atoms with van der Waals surface area (Å²) in [5.41, 5.74) is 2.36. The maximum Gasteiger partial charge on any atom is 0.228 e. The number of Topliss-reactive ketones (excluding diaryl/α,β-unsaturated/α-hetero) is 1. The van der Waals surface area contributed by atoms with Gasteiger partial charge >= 0.3 is 0 Å². The van der Waals surface area contributed by atoms with Gasteiger partial charge in [0.15, 0.2) is 17.3 Å². The Morgan fingerprint density at radius 1 is 1.21 bits per heavy atom. The van der Waals surface area contributed by atoms with E-state index >= 15 is 0 Å². The maximum atomic E-state index is 12.5. The molecule has 0 saturated carbocycles. The predicted molar refractivity (Wildman–Crippen MR) is 106 cm³/mol. The van der Waals surface area contributed by atoms with Gasteiger partial charge in [-0.05, 0) is 38.1 Å². The van der Waals surface area contributed by atoms with Crippen LogP contribution in [0.5, 0.6) is 5.88 Å². The van der Waals surface area contributed by atoms with Crippen LogP contribution in [0.3, 0.4) is 0 Å². The van der Waals surface area contributed by atoms with Crippen LogP contribution in [-0.4, -0.2) is 25.4 Å². The summed E-state index contributed by atoms with van der Waals surface area (Å²) in [5, 5.41) is 5.07. The third kappa shape index (κ3) is 2.74. The lowest BCUT2D eigenvalue weighted by Crippen LogP contribution is -2.21. The first-order chi connectivity index (χ1) is 14.0. The molecule has 1 atom stereocenters. The number of benzene rings is 1. The summed E-state index contributed by atoms with van der Waals surface area (Å²) in [7, 11) is 0. The van der Waals surface area contributed by atoms with Gasteiger partial charge in [-0.25, -0.2) is 14.5 Å². The van der Waals surface area contributed by atoms with Crippen molar-refractivity contribution in [2.45, 2.75) is 19.8 Å². The van der Waals surface area contributed by atoms with Crippen molar-refractivity contribution in [1.29, 1.82) is 0 Å². The van der Waals surface area contributed by atoms with E-state index in [1.54, 1.807) is 29.8 Å². The van der Waals surface area contributed by atoms with E-state index in [1.165, 1.54) is 13.3 Å². The summed E-state index contributed by atoms with van der Waals surface area (Å²) in [6, 6.07) is 11.0. The average molecular weight is 407 g/mol. The van der Waals surface area contributed by atoms with Gasteiger partial charge in [0.2, 0.25) is 5.88 Å². The Hall–Kier alpha value is -3.45. The molecular formula is C21H15ClN4O3. The summed E-state index contributed by atoms with van der Waals surface area (Å²) in [5.74, 6) is 1.33. The van der Waals surface area contributed by atoms with Gasteiger partial charge in [0, 0.05) is 11.1 Å². The van der Waals surface area contributed by atoms with Gasteiger partial charge < -0.3 is 9.15 Å². The minimum absolute atomic E-state index is 0.109. The van der Waals surface area contributed by atoms with Crippen molar-refractivity contribution >= 4 is 23.0 Å². The number of aromatic nitrogens is 4. The van der Waals surface area contributed by atoms with Crippen LogP contribution in [0.25, 0.3) is 17.0 Å². The van der Waals surface area contributed by atoms with Crippen molar-refractivity contribution in [3.05, 3.63) is 76.7 Å². The van der Waals surface area contributed by atoms with E-state index in [0.29, 0.717) is 50.6 Å². The number of fused-ring (bicyclic) bond motifs is 3. The number of allylic oxidation sites excluding steroid dienone is 2. The highest BCUT2D eigenvalue weighted by molar-refractivity contribution is 6.33. The molecule has 0 amide bonds. The molecular weight excluding hydrogens is 392 g/mol. The van der Waals surface area contributed by atoms with Crippen LogP contribution in [0.15, 0.2) is 64.7 Å². The van der Waals surface area contributed by atoms with E-state index in [4.69, 9.17) is 25.7 Å². The van der Waals surface area contributed by atoms with Gasteiger partial charge in [-0.2, -0.15) is 0 Å². The first-order valence-electron chi connectivity index (χ1n) is 8.97. The van der Waals surface area contributed by atoms with Gasteiger partial charge in [0.1, 0.15) is 17.8 Å². The molecule has 3 aromatic heterocycles. The molecule has 29 heavy (non-hydrogen) atoms. The molecule has 1 aliphatic rings. The SMILES string of the molecule is CC(=O)C1=C(C)Oc2ncn3nc(-c4ccccc4Cl)nc3c2C1c1ccco1. The van der Waals surface area contributed by atoms with Crippen LogP contribution in [0.2, 0.25) is 5.02 Å². The normalized spacial score (nSPS) is 16.0. The number of furan rings is 1. The monoisotopic (exact) mass is 406 g/mol. The van der Waals surface area contributed by atoms with Crippen LogP contribution >= 0.6 is 11.6 Å². The predicted octanol–water partition coefficient (Wildman–Crippen LogP) is 4.43. The third-order valence-corrected chi connectivity index (χ3v) is 5.24. The number of ketones is 1. The van der Waals surface area contributed by atoms with Crippen LogP contribution in [0.1, 0.15) is 31.1 Å². The number of hydrogen-bond donors (Lipinski definition) is 0. The molecule has 1 aliphatic heterocycles. The molecule has 0 spiro atoms. The minimum atomic E-state index is -0.495. The van der Waals surface area contributed by atoms with Crippen LogP contribution in [0.4, 0.5) is 0 Å². The topological polar surface area (TPSA) is 82.5 Å². The molecule has 0 radical (unpaired) electrons. The zero-order valence-electron chi connectivity index (χ0n) is 15.6. The van der Waals surface area contributed by atoms with Crippen molar-refractivity contribution in [1.82, 2.24) is 19.6 Å². The lowest BCUT2D eigenvalue weighted by molar-refractivity contribution is -0.114. The molecule has 0 aliphatic carbocycles. The molecule has 4 aromatic rings. The number of carbonyl (C=O) groups excluding carboxylic acids is 1. The van der Waals surface area contributed by atoms with E-state index in [2.05, 4.69) is 10.1 Å². The van der Waals surface area contributed by atoms with E-state index < -0.39 is 5.92 Å². The number of nitrogens with zero attached hydrogens (tertiary/aromatic N) is 4. The Morgan fingerprint density at radius 3 is 2.76 bits per heavy atom. The maximum absolute atomic E-state index is 12.5. The molecule has 144 valence electrons. The fourth-order valence-electron chi connectivity index (χ4n) is 3.69. The summed E-state index contributed by atoms with van der Waals surface area (Å²) in [6.07, 6.45) is 3.11. The summed E-state index contributed by atoms with van der Waals surface area (Å²) in [4.78, 5) is 21.6. The van der Waals surface area contributed by atoms with Crippen LogP contribution in [0, 0.1) is 0 Å². The standard InChI is InChI=1S/C21H15ClN4O3/c1-11(27)16-12(2)29-21-18(17(16)15-8-5-9-28-15)20-24-19(25-26(20)10-23-21)13-6-3-4-7-14(13)22/h3-10,17H,1-2H3. The van der Waals surface area contributed by atoms with E-state index in [1.807, 2.05) is 24.3 Å². The number of ether oxygens (including phenoxy) is 1. The molecule has 5 rings (SSSR count). The van der Waals surface area contributed by atoms with E-state index in [9.17, 15) is 4.79 Å². The number of halogens is 1. The van der Waals surface area contributed by atoms with Crippen molar-refractivity contribution in [3.8, 4) is 17.3 Å². The highest BCUT2D eigenvalue weighted by atomic mass is 35.5. The number of hydrogen-bond acceptors (Lipinski definition) is 6. The molecule has 0 N–H and O–H groups in total. The highest BCUT2D eigenvalue weighted by Gasteiger charge is 2.37. The van der Waals surface area contributed by atoms with E-state index in [0.717, 1.165) is 0 Å². The zero-order valence-corrected chi connectivity index (χ0v) is 16.3. The Balaban J connectivity index is 1.79. The Bertz CT molecular complexity index is 1290. The summed E-state index contributed by atoms with van der Waals surface area (Å²) < 4.78 is 13.1. The number of carbonyl (C=O) groups is 1. The molecule has 8 heteroatoms. The van der Waals surface area contributed by atoms with Crippen LogP contribution < -0.4 is 4.74 Å². The first kappa shape index (κ1) is 17.6. The smallest absolute Gasteiger partial charge is 0.228 e. The molecule has 1 aromatic carbocycles. The Morgan fingerprint density at radius 2 is 2.03 bits per heavy atom. The molecule has 1 unspecified atom stereocenters. The average Bonchev–Trinajstić information content (AvgIpc) is 3.36. The Kier molecular flexibility index (Phi) is 3.99. The van der Waals surface area contributed by atoms with Gasteiger partial charge in [-0.3, -0.25) is 4.79 Å². The van der Waals surface area contributed by atoms with Crippen molar-refractivity contribution in [2.24, 2.45) is 0 Å². The minimum Gasteiger partial charge on any atom is -0.468 e. The van der Waals surface area contributed by atoms with Crippen molar-refractivity contribution in [2.75, 3.05) is 0 Å². The second kappa shape index (κ2) is 6.56. The lowest BCUT2D eigenvalue weighted by atomic mass is 9.85. The largest absolute Gasteiger partial charge is 0.468 e. The van der Waals surface area contributed by atoms with Gasteiger partial charge in [-0.15, -0.1) is 5.10 Å². The van der Waals surface area contributed by atoms with Gasteiger partial charge in [0.05, 0.1) is 22.8 Å². The molecule has 4 heterocycles. The van der Waals surface area contributed by atoms with Gasteiger partial charge in [0.25, 0.3) is 0 Å². The fraction of sp³-hybridized carbons (Fsp3) is 0.143. The zero-order chi connectivity index (χ0) is 20.1. The summed E-state index contributed by atoms with van der Waals surface area (Å²) >= 11 is 6.33. The van der Waals surface area contributed by atoms with E-state index in [-0.39, 0.29) is 5.78 Å². The van der Waals surface area contributed by atoms with Crippen LogP contribution in [-0.2, 0) is 4.79 Å². The molecule has 0 fully saturated rings. The van der Waals surface area contributed by atoms with Crippen molar-refractivity contribution < 1.29 is 13.9 Å². The Labute approximate surface area is 170 Å². The highest BCUT2D eigenvalue weighted by Crippen LogP contribution is 2.44.